The molecule has 4 nitrogen and oxygen atoms in total. The summed E-state index contributed by atoms with van der Waals surface area (Å²) >= 11 is 0. The Labute approximate surface area is 445 Å². The van der Waals surface area contributed by atoms with Gasteiger partial charge in [0, 0.05) is 68.2 Å². The molecule has 0 unspecified atom stereocenters. The van der Waals surface area contributed by atoms with Gasteiger partial charge in [-0.05, 0) is 182 Å². The predicted molar refractivity (Wildman–Crippen MR) is 324 cm³/mol. The normalized spacial score (nSPS) is 12.7. The summed E-state index contributed by atoms with van der Waals surface area (Å²) < 4.78 is 0. The van der Waals surface area contributed by atoms with E-state index in [0.29, 0.717) is 23.7 Å². The van der Waals surface area contributed by atoms with Crippen molar-refractivity contribution in [3.05, 3.63) is 247 Å². The maximum atomic E-state index is 2.54. The lowest BCUT2D eigenvalue weighted by Gasteiger charge is -2.44. The smallest absolute Gasteiger partial charge is 0.252 e. The zero-order valence-corrected chi connectivity index (χ0v) is 44.5. The third kappa shape index (κ3) is 8.64. The quantitative estimate of drug-likeness (QED) is 0.113. The standard InChI is InChI=1S/C70H65BN4/c1-46(2)50-21-30-57(31-22-50)72(58-32-23-51(24-33-58)47(3)4)62-39-41-64-68(44-62)74(56-17-10-9-11-18-56)66-19-14-20-67-70(66)71(64)65-42-40-63(45-69(65)75(67)61-38-29-54-15-12-13-16-55(54)43-61)73(59-34-25-52(26-35-59)48(5)6)60-36-27-53(28-37-60)49(7)8/h9-49H,1-8H3. The highest BCUT2D eigenvalue weighted by Gasteiger charge is 2.44. The van der Waals surface area contributed by atoms with Crippen LogP contribution in [0.4, 0.5) is 68.2 Å². The van der Waals surface area contributed by atoms with E-state index >= 15 is 0 Å². The molecule has 0 aliphatic carbocycles. The molecule has 10 aromatic rings. The number of hydrogen-bond donors (Lipinski definition) is 0. The van der Waals surface area contributed by atoms with Gasteiger partial charge in [-0.2, -0.15) is 0 Å². The van der Waals surface area contributed by atoms with Crippen molar-refractivity contribution in [3.63, 3.8) is 0 Å². The second-order valence-electron chi connectivity index (χ2n) is 21.8. The highest BCUT2D eigenvalue weighted by molar-refractivity contribution is 7.00. The summed E-state index contributed by atoms with van der Waals surface area (Å²) in [7, 11) is 0. The number of benzene rings is 10. The van der Waals surface area contributed by atoms with Crippen LogP contribution in [0, 0.1) is 0 Å². The van der Waals surface area contributed by atoms with Crippen molar-refractivity contribution in [3.8, 4) is 0 Å². The van der Waals surface area contributed by atoms with Gasteiger partial charge in [0.1, 0.15) is 0 Å². The van der Waals surface area contributed by atoms with Crippen LogP contribution in [0.1, 0.15) is 101 Å². The molecule has 75 heavy (non-hydrogen) atoms. The van der Waals surface area contributed by atoms with Gasteiger partial charge in [0.05, 0.1) is 0 Å². The molecule has 2 heterocycles. The SMILES string of the molecule is CC(C)c1ccc(N(c2ccc(C(C)C)cc2)c2ccc3c(c2)N(c2ccccc2)c2cccc4c2B3c2ccc(N(c3ccc(C(C)C)cc3)c3ccc(C(C)C)cc3)cc2N4c2ccc3ccccc3c2)cc1. The highest BCUT2D eigenvalue weighted by atomic mass is 15.2. The molecule has 2 aliphatic heterocycles. The first kappa shape index (κ1) is 47.7. The van der Waals surface area contributed by atoms with E-state index in [4.69, 9.17) is 0 Å². The molecule has 0 bridgehead atoms. The van der Waals surface area contributed by atoms with E-state index in [-0.39, 0.29) is 6.71 Å². The molecular weight excluding hydrogens is 908 g/mol. The average Bonchev–Trinajstić information content (AvgIpc) is 3.45. The minimum absolute atomic E-state index is 0.0610. The monoisotopic (exact) mass is 973 g/mol. The number of nitrogens with zero attached hydrogens (tertiary/aromatic N) is 4. The van der Waals surface area contributed by atoms with E-state index in [2.05, 4.69) is 299 Å². The molecular formula is C70H65BN4. The first-order valence-corrected chi connectivity index (χ1v) is 27.1. The van der Waals surface area contributed by atoms with Gasteiger partial charge in [0.15, 0.2) is 0 Å². The number of para-hydroxylation sites is 1. The number of rotatable bonds is 12. The summed E-state index contributed by atoms with van der Waals surface area (Å²) in [5.74, 6) is 1.75. The van der Waals surface area contributed by atoms with Crippen LogP contribution < -0.4 is 36.0 Å². The van der Waals surface area contributed by atoms with E-state index in [1.165, 1.54) is 72.2 Å². The number of hydrogen-bond acceptors (Lipinski definition) is 4. The van der Waals surface area contributed by atoms with Crippen molar-refractivity contribution >= 4 is 102 Å². The van der Waals surface area contributed by atoms with E-state index in [1.807, 2.05) is 0 Å². The van der Waals surface area contributed by atoms with Crippen LogP contribution in [0.2, 0.25) is 0 Å². The molecule has 0 N–H and O–H groups in total. The molecule has 10 aromatic carbocycles. The highest BCUT2D eigenvalue weighted by Crippen LogP contribution is 2.48. The van der Waals surface area contributed by atoms with Gasteiger partial charge in [0.2, 0.25) is 0 Å². The summed E-state index contributed by atoms with van der Waals surface area (Å²) in [5.41, 5.74) is 22.8. The third-order valence-corrected chi connectivity index (χ3v) is 15.8. The molecule has 0 amide bonds. The lowest BCUT2D eigenvalue weighted by atomic mass is 9.33. The topological polar surface area (TPSA) is 13.0 Å². The number of anilines is 12. The largest absolute Gasteiger partial charge is 0.311 e. The molecule has 0 spiro atoms. The lowest BCUT2D eigenvalue weighted by molar-refractivity contribution is 0.866. The first-order chi connectivity index (χ1) is 36.5. The van der Waals surface area contributed by atoms with E-state index in [9.17, 15) is 0 Å². The number of fused-ring (bicyclic) bond motifs is 5. The minimum atomic E-state index is -0.0610. The molecule has 12 rings (SSSR count). The second-order valence-corrected chi connectivity index (χ2v) is 21.8. The second kappa shape index (κ2) is 19.5. The summed E-state index contributed by atoms with van der Waals surface area (Å²) in [5, 5.41) is 2.43. The van der Waals surface area contributed by atoms with Gasteiger partial charge in [-0.15, -0.1) is 0 Å². The van der Waals surface area contributed by atoms with Crippen LogP contribution in [0.25, 0.3) is 10.8 Å². The minimum Gasteiger partial charge on any atom is -0.311 e. The zero-order chi connectivity index (χ0) is 51.5. The van der Waals surface area contributed by atoms with Crippen LogP contribution in [-0.2, 0) is 0 Å². The Kier molecular flexibility index (Phi) is 12.4. The Bertz CT molecular complexity index is 3570. The zero-order valence-electron chi connectivity index (χ0n) is 44.5. The molecule has 0 atom stereocenters. The molecule has 0 saturated heterocycles. The molecule has 5 heteroatoms. The van der Waals surface area contributed by atoms with Crippen molar-refractivity contribution in [1.29, 1.82) is 0 Å². The molecule has 0 saturated carbocycles. The van der Waals surface area contributed by atoms with Crippen LogP contribution >= 0.6 is 0 Å². The molecule has 368 valence electrons. The maximum Gasteiger partial charge on any atom is 0.252 e. The Morgan fingerprint density at radius 3 is 1.08 bits per heavy atom. The van der Waals surface area contributed by atoms with Crippen molar-refractivity contribution in [2.45, 2.75) is 79.1 Å². The Hall–Kier alpha value is -8.28. The average molecular weight is 973 g/mol. The van der Waals surface area contributed by atoms with Crippen molar-refractivity contribution in [1.82, 2.24) is 0 Å². The summed E-state index contributed by atoms with van der Waals surface area (Å²) in [6.07, 6.45) is 0. The van der Waals surface area contributed by atoms with Gasteiger partial charge in [-0.25, -0.2) is 0 Å². The fourth-order valence-electron chi connectivity index (χ4n) is 11.6. The van der Waals surface area contributed by atoms with Crippen LogP contribution in [0.15, 0.2) is 224 Å². The summed E-state index contributed by atoms with van der Waals surface area (Å²) in [6.45, 7) is 18.1. The van der Waals surface area contributed by atoms with E-state index < -0.39 is 0 Å². The fraction of sp³-hybridized carbons (Fsp3) is 0.171. The summed E-state index contributed by atoms with van der Waals surface area (Å²) in [4.78, 5) is 9.92. The van der Waals surface area contributed by atoms with Gasteiger partial charge in [-0.3, -0.25) is 0 Å². The van der Waals surface area contributed by atoms with Crippen molar-refractivity contribution < 1.29 is 0 Å². The first-order valence-electron chi connectivity index (χ1n) is 27.1. The molecule has 2 aliphatic rings. The summed E-state index contributed by atoms with van der Waals surface area (Å²) in [6, 6.07) is 84.7. The van der Waals surface area contributed by atoms with Gasteiger partial charge >= 0.3 is 0 Å². The molecule has 0 radical (unpaired) electrons. The Morgan fingerprint density at radius 2 is 0.667 bits per heavy atom. The van der Waals surface area contributed by atoms with Crippen LogP contribution in [-0.4, -0.2) is 6.71 Å². The van der Waals surface area contributed by atoms with Gasteiger partial charge in [0.25, 0.3) is 6.71 Å². The van der Waals surface area contributed by atoms with Gasteiger partial charge in [-0.1, -0.05) is 171 Å². The van der Waals surface area contributed by atoms with E-state index in [0.717, 1.165) is 45.5 Å². The van der Waals surface area contributed by atoms with Crippen molar-refractivity contribution in [2.24, 2.45) is 0 Å². The van der Waals surface area contributed by atoms with E-state index in [1.54, 1.807) is 0 Å². The lowest BCUT2D eigenvalue weighted by Crippen LogP contribution is -2.61. The third-order valence-electron chi connectivity index (χ3n) is 15.8. The molecule has 0 fully saturated rings. The predicted octanol–water partition coefficient (Wildman–Crippen LogP) is 18.4. The molecule has 0 aromatic heterocycles. The van der Waals surface area contributed by atoms with Crippen LogP contribution in [0.3, 0.4) is 0 Å². The fourth-order valence-corrected chi connectivity index (χ4v) is 11.6. The Morgan fingerprint density at radius 1 is 0.293 bits per heavy atom. The van der Waals surface area contributed by atoms with Crippen molar-refractivity contribution in [2.75, 3.05) is 19.6 Å². The van der Waals surface area contributed by atoms with Gasteiger partial charge < -0.3 is 19.6 Å². The Balaban J connectivity index is 1.10. The van der Waals surface area contributed by atoms with Crippen LogP contribution in [0.5, 0.6) is 0 Å². The maximum absolute atomic E-state index is 2.54.